The summed E-state index contributed by atoms with van der Waals surface area (Å²) >= 11 is 0. The normalized spacial score (nSPS) is 13.4. The van der Waals surface area contributed by atoms with Gasteiger partial charge in [0.05, 0.1) is 13.2 Å². The van der Waals surface area contributed by atoms with Crippen molar-refractivity contribution in [1.29, 1.82) is 0 Å². The van der Waals surface area contributed by atoms with Crippen LogP contribution >= 0.6 is 7.82 Å². The number of phosphoric acid groups is 1. The number of carbonyl (C=O) groups is 2. The molecular weight excluding hydrogens is 737 g/mol. The molecule has 0 aliphatic rings. The van der Waals surface area contributed by atoms with E-state index in [1.165, 1.54) is 148 Å². The summed E-state index contributed by atoms with van der Waals surface area (Å²) in [5, 5.41) is 0. The Morgan fingerprint density at radius 1 is 0.509 bits per heavy atom. The van der Waals surface area contributed by atoms with E-state index in [0.717, 1.165) is 51.4 Å². The molecule has 57 heavy (non-hydrogen) atoms. The van der Waals surface area contributed by atoms with Crippen LogP contribution in [0.5, 0.6) is 0 Å². The maximum atomic E-state index is 12.6. The first-order valence-electron chi connectivity index (χ1n) is 23.8. The number of carbonyl (C=O) groups excluding carboxylic acids is 2. The van der Waals surface area contributed by atoms with Gasteiger partial charge >= 0.3 is 19.8 Å². The molecule has 0 rings (SSSR count). The van der Waals surface area contributed by atoms with E-state index in [4.69, 9.17) is 24.3 Å². The van der Waals surface area contributed by atoms with Crippen molar-refractivity contribution >= 4 is 19.8 Å². The molecule has 0 aliphatic heterocycles. The molecule has 0 aromatic rings. The lowest BCUT2D eigenvalue weighted by molar-refractivity contribution is -0.161. The van der Waals surface area contributed by atoms with Crippen molar-refractivity contribution in [2.75, 3.05) is 26.4 Å². The number of nitrogens with two attached hydrogens (primary N) is 1. The van der Waals surface area contributed by atoms with Crippen LogP contribution in [0.2, 0.25) is 0 Å². The fourth-order valence-electron chi connectivity index (χ4n) is 6.75. The Bertz CT molecular complexity index is 990. The van der Waals surface area contributed by atoms with Crippen molar-refractivity contribution in [1.82, 2.24) is 0 Å². The van der Waals surface area contributed by atoms with Crippen molar-refractivity contribution in [3.8, 4) is 0 Å². The third-order valence-electron chi connectivity index (χ3n) is 10.3. The van der Waals surface area contributed by atoms with E-state index in [9.17, 15) is 19.0 Å². The van der Waals surface area contributed by atoms with Gasteiger partial charge in [0, 0.05) is 19.4 Å². The van der Waals surface area contributed by atoms with Gasteiger partial charge in [-0.3, -0.25) is 18.6 Å². The third-order valence-corrected chi connectivity index (χ3v) is 11.3. The summed E-state index contributed by atoms with van der Waals surface area (Å²) in [4.78, 5) is 34.9. The van der Waals surface area contributed by atoms with Crippen LogP contribution in [0, 0.1) is 0 Å². The highest BCUT2D eigenvalue weighted by Crippen LogP contribution is 2.43. The summed E-state index contributed by atoms with van der Waals surface area (Å²) in [5.74, 6) is -0.868. The molecule has 0 radical (unpaired) electrons. The van der Waals surface area contributed by atoms with Crippen LogP contribution in [0.15, 0.2) is 24.3 Å². The van der Waals surface area contributed by atoms with Crippen LogP contribution in [0.4, 0.5) is 0 Å². The molecule has 0 aromatic carbocycles. The van der Waals surface area contributed by atoms with Crippen LogP contribution in [-0.4, -0.2) is 49.3 Å². The smallest absolute Gasteiger partial charge is 0.462 e. The Hall–Kier alpha value is -1.51. The third kappa shape index (κ3) is 43.9. The predicted octanol–water partition coefficient (Wildman–Crippen LogP) is 13.9. The zero-order valence-electron chi connectivity index (χ0n) is 37.1. The number of hydrogen-bond donors (Lipinski definition) is 2. The van der Waals surface area contributed by atoms with Crippen molar-refractivity contribution < 1.29 is 37.6 Å². The molecule has 1 unspecified atom stereocenters. The lowest BCUT2D eigenvalue weighted by Crippen LogP contribution is -2.29. The summed E-state index contributed by atoms with van der Waals surface area (Å²) in [6.07, 6.45) is 48.0. The molecule has 0 saturated heterocycles. The second kappa shape index (κ2) is 44.1. The van der Waals surface area contributed by atoms with Gasteiger partial charge in [-0.1, -0.05) is 186 Å². The molecule has 0 spiro atoms. The average molecular weight is 828 g/mol. The highest BCUT2D eigenvalue weighted by Gasteiger charge is 2.26. The Balaban J connectivity index is 4.06. The van der Waals surface area contributed by atoms with Crippen LogP contribution in [0.1, 0.15) is 232 Å². The molecule has 0 bridgehead atoms. The SMILES string of the molecule is CCCCCC/C=C/CCCCCCCC(=O)OC[C@H](COP(=O)(O)OCCN)OC(=O)CCC/C=C/CCCCCCCCCCCCCCCCCCCC. The minimum atomic E-state index is -4.38. The van der Waals surface area contributed by atoms with Gasteiger partial charge in [-0.25, -0.2) is 4.57 Å². The molecule has 2 atom stereocenters. The summed E-state index contributed by atoms with van der Waals surface area (Å²) in [5.41, 5.74) is 5.35. The standard InChI is InChI=1S/C47H90NO8P/c1-3-5-7-9-11-13-15-17-18-19-20-21-22-23-24-25-26-28-30-32-34-36-38-40-47(50)56-45(44-55-57(51,52)54-42-41-48)43-53-46(49)39-37-35-33-31-29-27-16-14-12-10-8-6-4-2/h14,16,32,34,45H,3-13,15,17-31,33,35-44,48H2,1-2H3,(H,51,52)/b16-14+,34-32+/t45-/m1/s1. The van der Waals surface area contributed by atoms with Crippen molar-refractivity contribution in [3.05, 3.63) is 24.3 Å². The van der Waals surface area contributed by atoms with Gasteiger partial charge in [-0.2, -0.15) is 0 Å². The minimum absolute atomic E-state index is 0.0498. The van der Waals surface area contributed by atoms with Crippen molar-refractivity contribution in [3.63, 3.8) is 0 Å². The van der Waals surface area contributed by atoms with Crippen LogP contribution in [-0.2, 0) is 32.7 Å². The molecule has 0 aliphatic carbocycles. The number of allylic oxidation sites excluding steroid dienone is 4. The topological polar surface area (TPSA) is 134 Å². The molecule has 0 heterocycles. The molecule has 3 N–H and O–H groups in total. The maximum absolute atomic E-state index is 12.6. The number of unbranched alkanes of at least 4 members (excludes halogenated alkanes) is 28. The predicted molar refractivity (Wildman–Crippen MR) is 238 cm³/mol. The van der Waals surface area contributed by atoms with Crippen LogP contribution in [0.3, 0.4) is 0 Å². The van der Waals surface area contributed by atoms with E-state index in [2.05, 4.69) is 38.2 Å². The lowest BCUT2D eigenvalue weighted by atomic mass is 10.0. The Morgan fingerprint density at radius 2 is 0.877 bits per heavy atom. The largest absolute Gasteiger partial charge is 0.472 e. The summed E-state index contributed by atoms with van der Waals surface area (Å²) in [6, 6.07) is 0. The number of phosphoric ester groups is 1. The molecule has 336 valence electrons. The first-order chi connectivity index (χ1) is 27.8. The Kier molecular flexibility index (Phi) is 42.9. The van der Waals surface area contributed by atoms with Crippen LogP contribution in [0.25, 0.3) is 0 Å². The van der Waals surface area contributed by atoms with E-state index >= 15 is 0 Å². The second-order valence-electron chi connectivity index (χ2n) is 16.0. The summed E-state index contributed by atoms with van der Waals surface area (Å²) in [6.45, 7) is 3.71. The highest BCUT2D eigenvalue weighted by molar-refractivity contribution is 7.47. The second-order valence-corrected chi connectivity index (χ2v) is 17.4. The van der Waals surface area contributed by atoms with E-state index in [1.54, 1.807) is 0 Å². The first kappa shape index (κ1) is 55.5. The molecule has 0 fully saturated rings. The number of esters is 2. The van der Waals surface area contributed by atoms with Gasteiger partial charge in [-0.15, -0.1) is 0 Å². The van der Waals surface area contributed by atoms with Gasteiger partial charge in [0.2, 0.25) is 0 Å². The number of ether oxygens (including phenoxy) is 2. The van der Waals surface area contributed by atoms with Gasteiger partial charge in [-0.05, 0) is 57.8 Å². The molecule has 10 heteroatoms. The molecule has 9 nitrogen and oxygen atoms in total. The van der Waals surface area contributed by atoms with E-state index in [0.29, 0.717) is 6.42 Å². The van der Waals surface area contributed by atoms with Gasteiger partial charge < -0.3 is 20.1 Å². The molecule has 0 saturated carbocycles. The quantitative estimate of drug-likeness (QED) is 0.0266. The minimum Gasteiger partial charge on any atom is -0.462 e. The van der Waals surface area contributed by atoms with Gasteiger partial charge in [0.25, 0.3) is 0 Å². The Morgan fingerprint density at radius 3 is 1.32 bits per heavy atom. The monoisotopic (exact) mass is 828 g/mol. The maximum Gasteiger partial charge on any atom is 0.472 e. The number of hydrogen-bond acceptors (Lipinski definition) is 8. The fourth-order valence-corrected chi connectivity index (χ4v) is 7.52. The first-order valence-corrected chi connectivity index (χ1v) is 25.3. The van der Waals surface area contributed by atoms with Crippen molar-refractivity contribution in [2.45, 2.75) is 238 Å². The summed E-state index contributed by atoms with van der Waals surface area (Å²) in [7, 11) is -4.38. The number of rotatable bonds is 45. The fraction of sp³-hybridized carbons (Fsp3) is 0.872. The Labute approximate surface area is 351 Å². The summed E-state index contributed by atoms with van der Waals surface area (Å²) < 4.78 is 32.8. The van der Waals surface area contributed by atoms with E-state index in [1.807, 2.05) is 0 Å². The van der Waals surface area contributed by atoms with Gasteiger partial charge in [0.15, 0.2) is 6.10 Å². The molecular formula is C47H90NO8P. The zero-order chi connectivity index (χ0) is 41.8. The average Bonchev–Trinajstić information content (AvgIpc) is 3.20. The van der Waals surface area contributed by atoms with Crippen molar-refractivity contribution in [2.24, 2.45) is 5.73 Å². The van der Waals surface area contributed by atoms with E-state index in [-0.39, 0.29) is 32.6 Å². The molecule has 0 amide bonds. The zero-order valence-corrected chi connectivity index (χ0v) is 38.0. The van der Waals surface area contributed by atoms with Crippen LogP contribution < -0.4 is 5.73 Å². The van der Waals surface area contributed by atoms with Gasteiger partial charge in [0.1, 0.15) is 6.61 Å². The highest BCUT2D eigenvalue weighted by atomic mass is 31.2. The lowest BCUT2D eigenvalue weighted by Gasteiger charge is -2.19. The molecule has 0 aromatic heterocycles. The van der Waals surface area contributed by atoms with E-state index < -0.39 is 32.5 Å².